The topological polar surface area (TPSA) is 64.3 Å². The first-order valence-corrected chi connectivity index (χ1v) is 5.80. The first-order chi connectivity index (χ1) is 8.09. The first-order valence-electron chi connectivity index (χ1n) is 5.80. The molecule has 0 saturated heterocycles. The molecule has 0 radical (unpaired) electrons. The fourth-order valence-electron chi connectivity index (χ4n) is 1.30. The minimum absolute atomic E-state index is 0.206. The van der Waals surface area contributed by atoms with Gasteiger partial charge in [-0.25, -0.2) is 4.79 Å². The number of amides is 1. The molecule has 3 N–H and O–H groups in total. The Morgan fingerprint density at radius 2 is 2.00 bits per heavy atom. The van der Waals surface area contributed by atoms with Crippen molar-refractivity contribution in [1.29, 1.82) is 0 Å². The highest BCUT2D eigenvalue weighted by Gasteiger charge is 2.08. The standard InChI is InChI=1S/C13H20N2O2/c1-10(2)9-17-13(16)15-8-12(14)11-6-4-3-5-7-11/h3-7,10,12H,8-9,14H2,1-2H3,(H,15,16). The van der Waals surface area contributed by atoms with Crippen molar-refractivity contribution >= 4 is 6.09 Å². The summed E-state index contributed by atoms with van der Waals surface area (Å²) in [5, 5.41) is 2.65. The molecule has 0 heterocycles. The molecule has 1 amide bonds. The Balaban J connectivity index is 2.29. The summed E-state index contributed by atoms with van der Waals surface area (Å²) in [6.45, 7) is 4.78. The lowest BCUT2D eigenvalue weighted by atomic mass is 10.1. The lowest BCUT2D eigenvalue weighted by molar-refractivity contribution is 0.132. The second kappa shape index (κ2) is 6.91. The molecule has 1 aromatic carbocycles. The summed E-state index contributed by atoms with van der Waals surface area (Å²) in [5.74, 6) is 0.337. The number of rotatable bonds is 5. The van der Waals surface area contributed by atoms with Crippen LogP contribution in [0, 0.1) is 5.92 Å². The summed E-state index contributed by atoms with van der Waals surface area (Å²) in [7, 11) is 0. The molecule has 0 aliphatic carbocycles. The number of hydrogen-bond acceptors (Lipinski definition) is 3. The van der Waals surface area contributed by atoms with Crippen molar-refractivity contribution in [3.8, 4) is 0 Å². The maximum absolute atomic E-state index is 11.3. The largest absolute Gasteiger partial charge is 0.449 e. The Morgan fingerprint density at radius 3 is 2.59 bits per heavy atom. The molecule has 1 atom stereocenters. The third-order valence-electron chi connectivity index (χ3n) is 2.24. The molecule has 1 unspecified atom stereocenters. The van der Waals surface area contributed by atoms with E-state index in [4.69, 9.17) is 10.5 Å². The second-order valence-corrected chi connectivity index (χ2v) is 4.39. The molecule has 0 fully saturated rings. The lowest BCUT2D eigenvalue weighted by Crippen LogP contribution is -2.32. The lowest BCUT2D eigenvalue weighted by Gasteiger charge is -2.13. The average molecular weight is 236 g/mol. The maximum atomic E-state index is 11.3. The third-order valence-corrected chi connectivity index (χ3v) is 2.24. The summed E-state index contributed by atoms with van der Waals surface area (Å²) < 4.78 is 4.98. The van der Waals surface area contributed by atoms with Crippen molar-refractivity contribution in [1.82, 2.24) is 5.32 Å². The molecule has 0 spiro atoms. The first kappa shape index (κ1) is 13.5. The fraction of sp³-hybridized carbons (Fsp3) is 0.462. The monoisotopic (exact) mass is 236 g/mol. The number of nitrogens with one attached hydrogen (secondary N) is 1. The van der Waals surface area contributed by atoms with Crippen LogP contribution in [-0.4, -0.2) is 19.2 Å². The molecule has 0 aromatic heterocycles. The predicted molar refractivity (Wildman–Crippen MR) is 67.6 cm³/mol. The number of ether oxygens (including phenoxy) is 1. The Hall–Kier alpha value is -1.55. The van der Waals surface area contributed by atoms with Crippen molar-refractivity contribution in [3.05, 3.63) is 35.9 Å². The molecule has 94 valence electrons. The molecule has 0 aliphatic rings. The van der Waals surface area contributed by atoms with Gasteiger partial charge in [-0.3, -0.25) is 0 Å². The van der Waals surface area contributed by atoms with Gasteiger partial charge in [0, 0.05) is 12.6 Å². The van der Waals surface area contributed by atoms with E-state index in [-0.39, 0.29) is 6.04 Å². The Labute approximate surface area is 102 Å². The van der Waals surface area contributed by atoms with Crippen LogP contribution < -0.4 is 11.1 Å². The van der Waals surface area contributed by atoms with Gasteiger partial charge in [0.05, 0.1) is 6.61 Å². The van der Waals surface area contributed by atoms with E-state index in [9.17, 15) is 4.79 Å². The van der Waals surface area contributed by atoms with E-state index in [2.05, 4.69) is 5.32 Å². The molecule has 17 heavy (non-hydrogen) atoms. The molecule has 1 aromatic rings. The second-order valence-electron chi connectivity index (χ2n) is 4.39. The van der Waals surface area contributed by atoms with E-state index in [1.807, 2.05) is 44.2 Å². The van der Waals surface area contributed by atoms with Crippen LogP contribution in [0.15, 0.2) is 30.3 Å². The van der Waals surface area contributed by atoms with Gasteiger partial charge in [-0.2, -0.15) is 0 Å². The SMILES string of the molecule is CC(C)COC(=O)NCC(N)c1ccccc1. The fourth-order valence-corrected chi connectivity index (χ4v) is 1.30. The van der Waals surface area contributed by atoms with Crippen LogP contribution in [-0.2, 0) is 4.74 Å². The van der Waals surface area contributed by atoms with Gasteiger partial charge in [-0.15, -0.1) is 0 Å². The highest BCUT2D eigenvalue weighted by atomic mass is 16.5. The number of benzene rings is 1. The van der Waals surface area contributed by atoms with E-state index in [0.29, 0.717) is 19.1 Å². The molecule has 1 rings (SSSR count). The van der Waals surface area contributed by atoms with E-state index in [0.717, 1.165) is 5.56 Å². The van der Waals surface area contributed by atoms with Crippen LogP contribution in [0.3, 0.4) is 0 Å². The van der Waals surface area contributed by atoms with Crippen LogP contribution in [0.2, 0.25) is 0 Å². The number of hydrogen-bond donors (Lipinski definition) is 2. The minimum atomic E-state index is -0.412. The number of carbonyl (C=O) groups excluding carboxylic acids is 1. The molecule has 0 bridgehead atoms. The smallest absolute Gasteiger partial charge is 0.407 e. The van der Waals surface area contributed by atoms with Crippen LogP contribution >= 0.6 is 0 Å². The van der Waals surface area contributed by atoms with Gasteiger partial charge in [0.15, 0.2) is 0 Å². The summed E-state index contributed by atoms with van der Waals surface area (Å²) in [4.78, 5) is 11.3. The van der Waals surface area contributed by atoms with Crippen LogP contribution in [0.1, 0.15) is 25.5 Å². The van der Waals surface area contributed by atoms with Crippen LogP contribution in [0.5, 0.6) is 0 Å². The van der Waals surface area contributed by atoms with Crippen molar-refractivity contribution < 1.29 is 9.53 Å². The highest BCUT2D eigenvalue weighted by molar-refractivity contribution is 5.67. The van der Waals surface area contributed by atoms with Crippen molar-refractivity contribution in [2.75, 3.05) is 13.2 Å². The zero-order valence-corrected chi connectivity index (χ0v) is 10.3. The Bertz CT molecular complexity index is 339. The normalized spacial score (nSPS) is 12.2. The van der Waals surface area contributed by atoms with E-state index < -0.39 is 6.09 Å². The van der Waals surface area contributed by atoms with Gasteiger partial charge in [-0.05, 0) is 11.5 Å². The van der Waals surface area contributed by atoms with Gasteiger partial charge >= 0.3 is 6.09 Å². The Morgan fingerprint density at radius 1 is 1.35 bits per heavy atom. The van der Waals surface area contributed by atoms with Crippen molar-refractivity contribution in [3.63, 3.8) is 0 Å². The van der Waals surface area contributed by atoms with Gasteiger partial charge in [-0.1, -0.05) is 44.2 Å². The van der Waals surface area contributed by atoms with Crippen molar-refractivity contribution in [2.45, 2.75) is 19.9 Å². The summed E-state index contributed by atoms with van der Waals surface area (Å²) in [5.41, 5.74) is 6.93. The maximum Gasteiger partial charge on any atom is 0.407 e. The van der Waals surface area contributed by atoms with Gasteiger partial charge in [0.25, 0.3) is 0 Å². The number of nitrogens with two attached hydrogens (primary N) is 1. The summed E-state index contributed by atoms with van der Waals surface area (Å²) in [6.07, 6.45) is -0.412. The van der Waals surface area contributed by atoms with E-state index >= 15 is 0 Å². The average Bonchev–Trinajstić information content (AvgIpc) is 2.34. The molecule has 0 saturated carbocycles. The van der Waals surface area contributed by atoms with Crippen LogP contribution in [0.25, 0.3) is 0 Å². The Kier molecular flexibility index (Phi) is 5.49. The zero-order valence-electron chi connectivity index (χ0n) is 10.3. The van der Waals surface area contributed by atoms with E-state index in [1.54, 1.807) is 0 Å². The minimum Gasteiger partial charge on any atom is -0.449 e. The highest BCUT2D eigenvalue weighted by Crippen LogP contribution is 2.07. The predicted octanol–water partition coefficient (Wildman–Crippen LogP) is 2.07. The summed E-state index contributed by atoms with van der Waals surface area (Å²) >= 11 is 0. The van der Waals surface area contributed by atoms with Gasteiger partial charge in [0.1, 0.15) is 0 Å². The molecular weight excluding hydrogens is 216 g/mol. The molecular formula is C13H20N2O2. The molecule has 4 nitrogen and oxygen atoms in total. The van der Waals surface area contributed by atoms with Gasteiger partial charge in [0.2, 0.25) is 0 Å². The molecule has 4 heteroatoms. The van der Waals surface area contributed by atoms with Crippen LogP contribution in [0.4, 0.5) is 4.79 Å². The molecule has 0 aliphatic heterocycles. The zero-order chi connectivity index (χ0) is 12.7. The quantitative estimate of drug-likeness (QED) is 0.822. The van der Waals surface area contributed by atoms with Crippen molar-refractivity contribution in [2.24, 2.45) is 11.7 Å². The van der Waals surface area contributed by atoms with E-state index in [1.165, 1.54) is 0 Å². The summed E-state index contributed by atoms with van der Waals surface area (Å²) in [6, 6.07) is 9.44. The number of alkyl carbamates (subject to hydrolysis) is 1. The third kappa shape index (κ3) is 5.36. The van der Waals surface area contributed by atoms with Gasteiger partial charge < -0.3 is 15.8 Å². The number of carbonyl (C=O) groups is 1.